The fourth-order valence-corrected chi connectivity index (χ4v) is 2.68. The number of fused-ring (bicyclic) bond motifs is 1. The monoisotopic (exact) mass is 221 g/mol. The molecule has 84 valence electrons. The van der Waals surface area contributed by atoms with Gasteiger partial charge in [0.1, 0.15) is 11.9 Å². The van der Waals surface area contributed by atoms with E-state index in [1.807, 2.05) is 4.90 Å². The molecule has 3 atom stereocenters. The van der Waals surface area contributed by atoms with Crippen molar-refractivity contribution in [2.75, 3.05) is 11.4 Å². The molecule has 2 fully saturated rings. The van der Waals surface area contributed by atoms with Crippen LogP contribution in [0.3, 0.4) is 0 Å². The fourth-order valence-electron chi connectivity index (χ4n) is 2.68. The molecule has 0 amide bonds. The Bertz CT molecular complexity index is 431. The molecule has 1 aromatic rings. The van der Waals surface area contributed by atoms with Crippen LogP contribution in [0.1, 0.15) is 6.42 Å². The van der Waals surface area contributed by atoms with Crippen LogP contribution in [0.5, 0.6) is 0 Å². The van der Waals surface area contributed by atoms with E-state index in [0.717, 1.165) is 18.7 Å². The molecule has 0 bridgehead atoms. The number of carboxylic acids is 1. The third-order valence-corrected chi connectivity index (χ3v) is 3.56. The van der Waals surface area contributed by atoms with Crippen molar-refractivity contribution in [3.8, 4) is 0 Å². The molecule has 3 rings (SSSR count). The molecule has 1 N–H and O–H groups in total. The summed E-state index contributed by atoms with van der Waals surface area (Å²) in [6.07, 6.45) is 1.02. The van der Waals surface area contributed by atoms with Gasteiger partial charge < -0.3 is 10.0 Å². The van der Waals surface area contributed by atoms with Crippen molar-refractivity contribution in [1.29, 1.82) is 0 Å². The minimum Gasteiger partial charge on any atom is -0.480 e. The van der Waals surface area contributed by atoms with E-state index in [9.17, 15) is 14.3 Å². The summed E-state index contributed by atoms with van der Waals surface area (Å²) in [5.41, 5.74) is 0.806. The van der Waals surface area contributed by atoms with Crippen LogP contribution in [0.2, 0.25) is 0 Å². The molecular formula is C12H12FNO2. The molecule has 1 aliphatic carbocycles. The number of benzene rings is 1. The van der Waals surface area contributed by atoms with Crippen LogP contribution in [0.25, 0.3) is 0 Å². The van der Waals surface area contributed by atoms with E-state index in [0.29, 0.717) is 11.8 Å². The SMILES string of the molecule is O=C(O)C1C2CC2CN1c1ccc(F)cc1. The lowest BCUT2D eigenvalue weighted by Gasteiger charge is -2.26. The first kappa shape index (κ1) is 9.63. The van der Waals surface area contributed by atoms with E-state index < -0.39 is 12.0 Å². The Morgan fingerprint density at radius 2 is 2.06 bits per heavy atom. The minimum absolute atomic E-state index is 0.292. The number of carboxylic acid groups (broad SMARTS) is 1. The van der Waals surface area contributed by atoms with Crippen molar-refractivity contribution < 1.29 is 14.3 Å². The molecule has 3 unspecified atom stereocenters. The number of piperidine rings is 1. The summed E-state index contributed by atoms with van der Waals surface area (Å²) in [5.74, 6) is -0.247. The van der Waals surface area contributed by atoms with E-state index in [-0.39, 0.29) is 5.82 Å². The number of anilines is 1. The molecule has 2 aliphatic rings. The van der Waals surface area contributed by atoms with Gasteiger partial charge in [0.2, 0.25) is 0 Å². The Hall–Kier alpha value is -1.58. The third-order valence-electron chi connectivity index (χ3n) is 3.56. The van der Waals surface area contributed by atoms with Gasteiger partial charge in [-0.15, -0.1) is 0 Å². The highest BCUT2D eigenvalue weighted by Gasteiger charge is 2.55. The van der Waals surface area contributed by atoms with E-state index in [2.05, 4.69) is 0 Å². The molecule has 1 aliphatic heterocycles. The first-order valence-electron chi connectivity index (χ1n) is 5.42. The number of halogens is 1. The first-order valence-corrected chi connectivity index (χ1v) is 5.42. The lowest BCUT2D eigenvalue weighted by molar-refractivity contribution is -0.138. The van der Waals surface area contributed by atoms with Gasteiger partial charge in [-0.05, 0) is 42.5 Å². The summed E-state index contributed by atoms with van der Waals surface area (Å²) >= 11 is 0. The quantitative estimate of drug-likeness (QED) is 0.826. The average Bonchev–Trinajstić information content (AvgIpc) is 2.90. The zero-order valence-corrected chi connectivity index (χ0v) is 8.64. The van der Waals surface area contributed by atoms with Crippen molar-refractivity contribution >= 4 is 11.7 Å². The van der Waals surface area contributed by atoms with Gasteiger partial charge in [-0.25, -0.2) is 9.18 Å². The Morgan fingerprint density at radius 3 is 2.69 bits per heavy atom. The van der Waals surface area contributed by atoms with E-state index in [1.54, 1.807) is 12.1 Å². The first-order chi connectivity index (χ1) is 7.66. The van der Waals surface area contributed by atoms with Gasteiger partial charge in [0.15, 0.2) is 0 Å². The summed E-state index contributed by atoms with van der Waals surface area (Å²) in [6, 6.07) is 5.62. The second-order valence-corrected chi connectivity index (χ2v) is 4.57. The number of hydrogen-bond acceptors (Lipinski definition) is 2. The number of rotatable bonds is 2. The number of aliphatic carboxylic acids is 1. The second-order valence-electron chi connectivity index (χ2n) is 4.57. The van der Waals surface area contributed by atoms with E-state index in [1.165, 1.54) is 12.1 Å². The fraction of sp³-hybridized carbons (Fsp3) is 0.417. The maximum Gasteiger partial charge on any atom is 0.326 e. The molecule has 0 aromatic heterocycles. The van der Waals surface area contributed by atoms with Crippen LogP contribution in [-0.2, 0) is 4.79 Å². The highest BCUT2D eigenvalue weighted by atomic mass is 19.1. The summed E-state index contributed by atoms with van der Waals surface area (Å²) < 4.78 is 12.8. The molecule has 4 heteroatoms. The van der Waals surface area contributed by atoms with Gasteiger partial charge in [0, 0.05) is 12.2 Å². The molecule has 1 saturated carbocycles. The second kappa shape index (κ2) is 3.20. The largest absolute Gasteiger partial charge is 0.480 e. The topological polar surface area (TPSA) is 40.5 Å². The maximum absolute atomic E-state index is 12.8. The summed E-state index contributed by atoms with van der Waals surface area (Å²) in [4.78, 5) is 13.0. The number of hydrogen-bond donors (Lipinski definition) is 1. The van der Waals surface area contributed by atoms with Crippen LogP contribution in [0, 0.1) is 17.7 Å². The highest BCUT2D eigenvalue weighted by molar-refractivity contribution is 5.80. The van der Waals surface area contributed by atoms with Gasteiger partial charge in [-0.1, -0.05) is 0 Å². The van der Waals surface area contributed by atoms with Crippen LogP contribution < -0.4 is 4.90 Å². The molecule has 16 heavy (non-hydrogen) atoms. The van der Waals surface area contributed by atoms with Gasteiger partial charge in [0.25, 0.3) is 0 Å². The third kappa shape index (κ3) is 1.37. The zero-order chi connectivity index (χ0) is 11.3. The predicted molar refractivity (Wildman–Crippen MR) is 56.8 cm³/mol. The lowest BCUT2D eigenvalue weighted by Crippen LogP contribution is -2.39. The molecule has 1 aromatic carbocycles. The summed E-state index contributed by atoms with van der Waals surface area (Å²) in [6.45, 7) is 0.785. The lowest BCUT2D eigenvalue weighted by atomic mass is 10.1. The minimum atomic E-state index is -0.769. The number of carbonyl (C=O) groups is 1. The van der Waals surface area contributed by atoms with E-state index in [4.69, 9.17) is 0 Å². The summed E-state index contributed by atoms with van der Waals surface area (Å²) in [7, 11) is 0. The van der Waals surface area contributed by atoms with E-state index >= 15 is 0 Å². The van der Waals surface area contributed by atoms with Crippen LogP contribution in [0.15, 0.2) is 24.3 Å². The maximum atomic E-state index is 12.8. The molecular weight excluding hydrogens is 209 g/mol. The summed E-state index contributed by atoms with van der Waals surface area (Å²) in [5, 5.41) is 9.18. The average molecular weight is 221 g/mol. The van der Waals surface area contributed by atoms with Crippen molar-refractivity contribution in [2.45, 2.75) is 12.5 Å². The van der Waals surface area contributed by atoms with Gasteiger partial charge in [-0.3, -0.25) is 0 Å². The van der Waals surface area contributed by atoms with Crippen molar-refractivity contribution in [3.63, 3.8) is 0 Å². The van der Waals surface area contributed by atoms with Crippen LogP contribution in [0.4, 0.5) is 10.1 Å². The standard InChI is InChI=1S/C12H12FNO2/c13-8-1-3-9(4-2-8)14-6-7-5-10(7)11(14)12(15)16/h1-4,7,10-11H,5-6H2,(H,15,16). The molecule has 0 radical (unpaired) electrons. The normalized spacial score (nSPS) is 31.3. The molecule has 0 spiro atoms. The molecule has 1 saturated heterocycles. The Morgan fingerprint density at radius 1 is 1.38 bits per heavy atom. The smallest absolute Gasteiger partial charge is 0.326 e. The molecule has 1 heterocycles. The Balaban J connectivity index is 1.89. The zero-order valence-electron chi connectivity index (χ0n) is 8.64. The number of nitrogens with zero attached hydrogens (tertiary/aromatic N) is 1. The molecule has 3 nitrogen and oxygen atoms in total. The van der Waals surface area contributed by atoms with Gasteiger partial charge in [-0.2, -0.15) is 0 Å². The van der Waals surface area contributed by atoms with Crippen molar-refractivity contribution in [2.24, 2.45) is 11.8 Å². The van der Waals surface area contributed by atoms with Crippen LogP contribution in [-0.4, -0.2) is 23.7 Å². The highest BCUT2D eigenvalue weighted by Crippen LogP contribution is 2.50. The van der Waals surface area contributed by atoms with Gasteiger partial charge in [0.05, 0.1) is 0 Å². The van der Waals surface area contributed by atoms with Crippen molar-refractivity contribution in [1.82, 2.24) is 0 Å². The van der Waals surface area contributed by atoms with Gasteiger partial charge >= 0.3 is 5.97 Å². The van der Waals surface area contributed by atoms with Crippen LogP contribution >= 0.6 is 0 Å². The van der Waals surface area contributed by atoms with Crippen molar-refractivity contribution in [3.05, 3.63) is 30.1 Å². The Labute approximate surface area is 92.5 Å². The predicted octanol–water partition coefficient (Wildman–Crippen LogP) is 1.74. The Kier molecular flexibility index (Phi) is 1.93.